The minimum Gasteiger partial charge on any atom is -0.488 e. The number of hydrogen-bond donors (Lipinski definition) is 1. The van der Waals surface area contributed by atoms with Crippen molar-refractivity contribution >= 4 is 50.2 Å². The molecular weight excluding hydrogens is 568 g/mol. The maximum Gasteiger partial charge on any atom is 0.269 e. The Hall–Kier alpha value is -4.32. The van der Waals surface area contributed by atoms with Crippen LogP contribution in [0.1, 0.15) is 24.0 Å². The number of carbonyl (C=O) groups excluding carboxylic acids is 1. The van der Waals surface area contributed by atoms with Crippen molar-refractivity contribution in [3.05, 3.63) is 111 Å². The third-order valence-electron chi connectivity index (χ3n) is 6.77. The van der Waals surface area contributed by atoms with Gasteiger partial charge in [-0.15, -0.1) is 0 Å². The largest absolute Gasteiger partial charge is 0.488 e. The third kappa shape index (κ3) is 6.22. The van der Waals surface area contributed by atoms with Gasteiger partial charge in [-0.2, -0.15) is 9.41 Å². The molecular formula is C29H25ClN4O6S. The number of nitro groups is 1. The molecule has 0 saturated carbocycles. The van der Waals surface area contributed by atoms with Crippen LogP contribution in [0.15, 0.2) is 94.9 Å². The number of rotatable bonds is 9. The average Bonchev–Trinajstić information content (AvgIpc) is 3.48. The minimum atomic E-state index is -3.90. The van der Waals surface area contributed by atoms with Crippen molar-refractivity contribution in [2.75, 3.05) is 6.54 Å². The number of sulfonamides is 1. The Kier molecular flexibility index (Phi) is 8.29. The number of fused-ring (bicyclic) bond motifs is 1. The van der Waals surface area contributed by atoms with Gasteiger partial charge in [0.25, 0.3) is 11.6 Å². The highest BCUT2D eigenvalue weighted by molar-refractivity contribution is 7.89. The van der Waals surface area contributed by atoms with E-state index < -0.39 is 26.9 Å². The van der Waals surface area contributed by atoms with E-state index in [0.717, 1.165) is 16.3 Å². The molecule has 0 radical (unpaired) electrons. The highest BCUT2D eigenvalue weighted by atomic mass is 35.5. The van der Waals surface area contributed by atoms with Crippen LogP contribution in [0.3, 0.4) is 0 Å². The molecule has 210 valence electrons. The molecule has 0 unspecified atom stereocenters. The zero-order valence-electron chi connectivity index (χ0n) is 21.6. The fourth-order valence-corrected chi connectivity index (χ4v) is 6.46. The number of hydrogen-bond acceptors (Lipinski definition) is 7. The van der Waals surface area contributed by atoms with E-state index in [-0.39, 0.29) is 23.7 Å². The summed E-state index contributed by atoms with van der Waals surface area (Å²) in [7, 11) is -3.90. The highest BCUT2D eigenvalue weighted by Crippen LogP contribution is 2.29. The zero-order chi connectivity index (χ0) is 29.0. The van der Waals surface area contributed by atoms with E-state index in [1.165, 1.54) is 46.9 Å². The Morgan fingerprint density at radius 1 is 1.07 bits per heavy atom. The molecule has 10 nitrogen and oxygen atoms in total. The number of benzene rings is 4. The van der Waals surface area contributed by atoms with E-state index in [1.54, 1.807) is 18.2 Å². The molecule has 1 aliphatic rings. The highest BCUT2D eigenvalue weighted by Gasteiger charge is 2.39. The lowest BCUT2D eigenvalue weighted by Crippen LogP contribution is -2.44. The topological polar surface area (TPSA) is 131 Å². The first-order chi connectivity index (χ1) is 19.7. The molecule has 4 aromatic rings. The number of nitrogens with one attached hydrogen (secondary N) is 1. The van der Waals surface area contributed by atoms with Gasteiger partial charge in [0.2, 0.25) is 10.0 Å². The van der Waals surface area contributed by atoms with Crippen LogP contribution < -0.4 is 10.2 Å². The second kappa shape index (κ2) is 12.0. The summed E-state index contributed by atoms with van der Waals surface area (Å²) < 4.78 is 33.6. The van der Waals surface area contributed by atoms with Crippen LogP contribution in [-0.2, 0) is 21.4 Å². The molecule has 1 aliphatic heterocycles. The van der Waals surface area contributed by atoms with Crippen molar-refractivity contribution in [2.45, 2.75) is 30.4 Å². The van der Waals surface area contributed by atoms with E-state index in [4.69, 9.17) is 16.3 Å². The zero-order valence-corrected chi connectivity index (χ0v) is 23.2. The van der Waals surface area contributed by atoms with Crippen molar-refractivity contribution in [2.24, 2.45) is 5.10 Å². The summed E-state index contributed by atoms with van der Waals surface area (Å²) in [6.45, 7) is 0.375. The Labute approximate surface area is 241 Å². The summed E-state index contributed by atoms with van der Waals surface area (Å²) in [5, 5.41) is 17.3. The van der Waals surface area contributed by atoms with Crippen LogP contribution in [0.4, 0.5) is 5.69 Å². The first kappa shape index (κ1) is 28.2. The van der Waals surface area contributed by atoms with E-state index in [2.05, 4.69) is 10.5 Å². The molecule has 0 bridgehead atoms. The summed E-state index contributed by atoms with van der Waals surface area (Å²) in [5.41, 5.74) is 3.85. The molecule has 1 amide bonds. The monoisotopic (exact) mass is 592 g/mol. The van der Waals surface area contributed by atoms with Gasteiger partial charge in [0.05, 0.1) is 16.0 Å². The van der Waals surface area contributed by atoms with E-state index in [0.29, 0.717) is 29.2 Å². The van der Waals surface area contributed by atoms with E-state index in [9.17, 15) is 23.3 Å². The second-order valence-corrected chi connectivity index (χ2v) is 11.7. The smallest absolute Gasteiger partial charge is 0.269 e. The van der Waals surface area contributed by atoms with Crippen molar-refractivity contribution in [1.82, 2.24) is 9.73 Å². The van der Waals surface area contributed by atoms with Crippen LogP contribution >= 0.6 is 11.6 Å². The van der Waals surface area contributed by atoms with Crippen LogP contribution in [-0.4, -0.2) is 42.4 Å². The number of non-ortho nitro benzene ring substituents is 1. The summed E-state index contributed by atoms with van der Waals surface area (Å²) >= 11 is 5.90. The first-order valence-corrected chi connectivity index (χ1v) is 14.5. The van der Waals surface area contributed by atoms with Crippen LogP contribution in [0.5, 0.6) is 5.75 Å². The Bertz CT molecular complexity index is 1730. The Morgan fingerprint density at radius 2 is 1.80 bits per heavy atom. The van der Waals surface area contributed by atoms with Gasteiger partial charge < -0.3 is 4.74 Å². The average molecular weight is 593 g/mol. The predicted octanol–water partition coefficient (Wildman–Crippen LogP) is 5.28. The minimum absolute atomic E-state index is 0.00943. The number of ether oxygens (including phenoxy) is 1. The molecule has 4 aromatic carbocycles. The molecule has 0 aromatic heterocycles. The van der Waals surface area contributed by atoms with Gasteiger partial charge in [-0.1, -0.05) is 41.9 Å². The van der Waals surface area contributed by atoms with Gasteiger partial charge in [-0.05, 0) is 71.6 Å². The van der Waals surface area contributed by atoms with Crippen LogP contribution in [0, 0.1) is 10.1 Å². The Morgan fingerprint density at radius 3 is 2.54 bits per heavy atom. The molecule has 41 heavy (non-hydrogen) atoms. The molecule has 1 fully saturated rings. The predicted molar refractivity (Wildman–Crippen MR) is 155 cm³/mol. The van der Waals surface area contributed by atoms with Gasteiger partial charge >= 0.3 is 0 Å². The van der Waals surface area contributed by atoms with E-state index in [1.807, 2.05) is 30.3 Å². The maximum atomic E-state index is 13.2. The van der Waals surface area contributed by atoms with Gasteiger partial charge in [0.1, 0.15) is 18.4 Å². The molecule has 1 N–H and O–H groups in total. The third-order valence-corrected chi connectivity index (χ3v) is 8.94. The lowest BCUT2D eigenvalue weighted by atomic mass is 10.0. The molecule has 5 rings (SSSR count). The van der Waals surface area contributed by atoms with E-state index >= 15 is 0 Å². The number of carbonyl (C=O) groups is 1. The summed E-state index contributed by atoms with van der Waals surface area (Å²) in [6, 6.07) is 22.3. The number of hydrazone groups is 1. The van der Waals surface area contributed by atoms with Gasteiger partial charge in [0.15, 0.2) is 0 Å². The normalized spacial score (nSPS) is 15.8. The summed E-state index contributed by atoms with van der Waals surface area (Å²) in [6.07, 6.45) is 2.38. The molecule has 0 aliphatic carbocycles. The summed E-state index contributed by atoms with van der Waals surface area (Å²) in [4.78, 5) is 23.6. The lowest BCUT2D eigenvalue weighted by Gasteiger charge is -2.22. The number of nitrogens with zero attached hydrogens (tertiary/aromatic N) is 3. The van der Waals surface area contributed by atoms with Crippen molar-refractivity contribution in [3.8, 4) is 5.75 Å². The molecule has 12 heteroatoms. The lowest BCUT2D eigenvalue weighted by molar-refractivity contribution is -0.384. The van der Waals surface area contributed by atoms with Gasteiger partial charge in [-0.25, -0.2) is 13.8 Å². The van der Waals surface area contributed by atoms with Crippen molar-refractivity contribution < 1.29 is 22.9 Å². The molecule has 1 atom stereocenters. The maximum absolute atomic E-state index is 13.2. The Balaban J connectivity index is 1.34. The van der Waals surface area contributed by atoms with Crippen LogP contribution in [0.2, 0.25) is 5.02 Å². The fraction of sp³-hybridized carbons (Fsp3) is 0.172. The quantitative estimate of drug-likeness (QED) is 0.160. The van der Waals surface area contributed by atoms with Gasteiger partial charge in [-0.3, -0.25) is 14.9 Å². The molecule has 1 saturated heterocycles. The fourth-order valence-electron chi connectivity index (χ4n) is 4.68. The van der Waals surface area contributed by atoms with Crippen molar-refractivity contribution in [1.29, 1.82) is 0 Å². The molecule has 1 heterocycles. The standard InChI is InChI=1S/C29H25ClN4O6S/c30-22-10-14-24(15-11-22)41(38,39)33-17-3-6-27(33)29(35)32-31-18-26-25-5-2-1-4-21(25)9-16-28(26)40-19-20-7-12-23(13-8-20)34(36)37/h1-2,4-5,7-16,18,27H,3,6,17,19H2,(H,32,35)/b31-18-/t27-/m0/s1. The first-order valence-electron chi connectivity index (χ1n) is 12.7. The second-order valence-electron chi connectivity index (χ2n) is 9.37. The number of amides is 1. The molecule has 0 spiro atoms. The van der Waals surface area contributed by atoms with Gasteiger partial charge in [0, 0.05) is 29.3 Å². The van der Waals surface area contributed by atoms with Crippen LogP contribution in [0.25, 0.3) is 10.8 Å². The number of nitro benzene ring substituents is 1. The SMILES string of the molecule is O=C(N/N=C\c1c(OCc2ccc([N+](=O)[O-])cc2)ccc2ccccc12)[C@@H]1CCCN1S(=O)(=O)c1ccc(Cl)cc1. The summed E-state index contributed by atoms with van der Waals surface area (Å²) in [5.74, 6) is -0.0438. The number of halogens is 1. The van der Waals surface area contributed by atoms with Crippen molar-refractivity contribution in [3.63, 3.8) is 0 Å².